The maximum Gasteiger partial charge on any atom is 0.343 e. The van der Waals surface area contributed by atoms with Gasteiger partial charge in [0.1, 0.15) is 11.5 Å². The molecular formula is C32H29FO10. The number of carbonyl (C=O) groups is 4. The van der Waals surface area contributed by atoms with Gasteiger partial charge in [-0.1, -0.05) is 19.2 Å². The van der Waals surface area contributed by atoms with E-state index in [1.165, 1.54) is 74.5 Å². The molecule has 0 saturated heterocycles. The molecular weight excluding hydrogens is 563 g/mol. The molecule has 0 unspecified atom stereocenters. The van der Waals surface area contributed by atoms with Crippen LogP contribution in [0.25, 0.3) is 0 Å². The summed E-state index contributed by atoms with van der Waals surface area (Å²) in [5.41, 5.74) is 1.42. The Morgan fingerprint density at radius 1 is 0.674 bits per heavy atom. The molecule has 43 heavy (non-hydrogen) atoms. The van der Waals surface area contributed by atoms with Crippen LogP contribution < -0.4 is 14.2 Å². The molecule has 0 saturated carbocycles. The molecule has 3 rings (SSSR count). The fourth-order valence-corrected chi connectivity index (χ4v) is 3.21. The van der Waals surface area contributed by atoms with Gasteiger partial charge in [-0.3, -0.25) is 0 Å². The Hall–Kier alpha value is -5.45. The van der Waals surface area contributed by atoms with Crippen molar-refractivity contribution in [3.05, 3.63) is 114 Å². The van der Waals surface area contributed by atoms with E-state index in [4.69, 9.17) is 28.4 Å². The third-order valence-corrected chi connectivity index (χ3v) is 5.53. The largest absolute Gasteiger partial charge is 0.462 e. The predicted molar refractivity (Wildman–Crippen MR) is 151 cm³/mol. The molecule has 0 amide bonds. The zero-order chi connectivity index (χ0) is 31.4. The fourth-order valence-electron chi connectivity index (χ4n) is 3.21. The molecule has 0 atom stereocenters. The van der Waals surface area contributed by atoms with Crippen LogP contribution in [0.2, 0.25) is 0 Å². The number of hydrogen-bond acceptors (Lipinski definition) is 10. The topological polar surface area (TPSA) is 124 Å². The molecule has 0 fully saturated rings. The van der Waals surface area contributed by atoms with Gasteiger partial charge in [0.05, 0.1) is 17.7 Å². The number of halogens is 1. The number of esters is 4. The van der Waals surface area contributed by atoms with Crippen LogP contribution in [0.5, 0.6) is 17.2 Å². The van der Waals surface area contributed by atoms with Gasteiger partial charge in [-0.05, 0) is 80.1 Å². The van der Waals surface area contributed by atoms with E-state index in [0.717, 1.165) is 0 Å². The summed E-state index contributed by atoms with van der Waals surface area (Å²) in [5.74, 6) is -2.85. The van der Waals surface area contributed by atoms with Gasteiger partial charge in [0.15, 0.2) is 11.6 Å². The Morgan fingerprint density at radius 2 is 1.16 bits per heavy atom. The van der Waals surface area contributed by atoms with Crippen LogP contribution in [-0.2, 0) is 30.2 Å². The Labute approximate surface area is 247 Å². The van der Waals surface area contributed by atoms with E-state index in [2.05, 4.69) is 13.2 Å². The molecule has 0 heterocycles. The second-order valence-corrected chi connectivity index (χ2v) is 9.04. The molecule has 3 aromatic carbocycles. The lowest BCUT2D eigenvalue weighted by molar-refractivity contribution is -0.146. The van der Waals surface area contributed by atoms with Gasteiger partial charge in [-0.15, -0.1) is 0 Å². The molecule has 3 aromatic rings. The summed E-state index contributed by atoms with van der Waals surface area (Å²) in [6.07, 6.45) is 0.218. The van der Waals surface area contributed by atoms with Crippen LogP contribution in [0.1, 0.15) is 40.1 Å². The number of carbonyl (C=O) groups excluding carboxylic acids is 4. The highest BCUT2D eigenvalue weighted by atomic mass is 19.1. The fraction of sp³-hybridized carbons (Fsp3) is 0.188. The summed E-state index contributed by atoms with van der Waals surface area (Å²) in [7, 11) is 0. The van der Waals surface area contributed by atoms with E-state index in [9.17, 15) is 23.6 Å². The SMILES string of the molecule is C=C(C)C(=O)OCOc1ccc(C(=O)OCCc2ccc(OC(=O)c3ccc(OCOC(=O)C(=C)C)cc3)c(F)c2)cc1. The molecule has 0 aliphatic carbocycles. The third-order valence-electron chi connectivity index (χ3n) is 5.53. The smallest absolute Gasteiger partial charge is 0.343 e. The molecule has 0 radical (unpaired) electrons. The first-order valence-electron chi connectivity index (χ1n) is 12.8. The average molecular weight is 593 g/mol. The first kappa shape index (κ1) is 32.1. The summed E-state index contributed by atoms with van der Waals surface area (Å²) in [4.78, 5) is 47.5. The number of rotatable bonds is 14. The molecule has 0 N–H and O–H groups in total. The maximum atomic E-state index is 14.6. The highest BCUT2D eigenvalue weighted by Gasteiger charge is 2.14. The van der Waals surface area contributed by atoms with Gasteiger partial charge in [0, 0.05) is 17.6 Å². The number of ether oxygens (including phenoxy) is 6. The molecule has 224 valence electrons. The standard InChI is InChI=1S/C32H29FO10/c1-20(2)29(34)41-18-39-25-10-6-23(7-11-25)31(36)38-16-15-22-5-14-28(27(33)17-22)43-32(37)24-8-12-26(13-9-24)40-19-42-30(35)21(3)4/h5-14,17H,1,3,15-16,18-19H2,2,4H3. The third kappa shape index (κ3) is 10.2. The molecule has 11 heteroatoms. The zero-order valence-corrected chi connectivity index (χ0v) is 23.6. The quantitative estimate of drug-likeness (QED) is 0.0795. The molecule has 0 aliphatic rings. The maximum absolute atomic E-state index is 14.6. The van der Waals surface area contributed by atoms with Crippen LogP contribution >= 0.6 is 0 Å². The van der Waals surface area contributed by atoms with Crippen LogP contribution in [0.4, 0.5) is 4.39 Å². The Kier molecular flexibility index (Phi) is 11.6. The monoisotopic (exact) mass is 592 g/mol. The van der Waals surface area contributed by atoms with Gasteiger partial charge in [0.2, 0.25) is 13.6 Å². The summed E-state index contributed by atoms with van der Waals surface area (Å²) < 4.78 is 45.2. The minimum absolute atomic E-state index is 0.0205. The van der Waals surface area contributed by atoms with Crippen LogP contribution in [-0.4, -0.2) is 44.1 Å². The molecule has 10 nitrogen and oxygen atoms in total. The van der Waals surface area contributed by atoms with Crippen molar-refractivity contribution >= 4 is 23.9 Å². The van der Waals surface area contributed by atoms with Crippen molar-refractivity contribution in [1.82, 2.24) is 0 Å². The average Bonchev–Trinajstić information content (AvgIpc) is 2.98. The van der Waals surface area contributed by atoms with Crippen molar-refractivity contribution in [3.63, 3.8) is 0 Å². The summed E-state index contributed by atoms with van der Waals surface area (Å²) >= 11 is 0. The highest BCUT2D eigenvalue weighted by Crippen LogP contribution is 2.21. The van der Waals surface area contributed by atoms with Gasteiger partial charge in [-0.2, -0.15) is 0 Å². The van der Waals surface area contributed by atoms with Crippen LogP contribution in [0.15, 0.2) is 91.0 Å². The van der Waals surface area contributed by atoms with E-state index < -0.39 is 29.7 Å². The molecule has 0 spiro atoms. The minimum atomic E-state index is -0.787. The predicted octanol–water partition coefficient (Wildman–Crippen LogP) is 5.36. The van der Waals surface area contributed by atoms with Crippen molar-refractivity contribution in [2.75, 3.05) is 20.2 Å². The first-order valence-corrected chi connectivity index (χ1v) is 12.8. The zero-order valence-electron chi connectivity index (χ0n) is 23.6. The van der Waals surface area contributed by atoms with Crippen molar-refractivity contribution in [2.45, 2.75) is 20.3 Å². The highest BCUT2D eigenvalue weighted by molar-refractivity contribution is 5.91. The van der Waals surface area contributed by atoms with E-state index >= 15 is 0 Å². The lowest BCUT2D eigenvalue weighted by Crippen LogP contribution is -2.12. The lowest BCUT2D eigenvalue weighted by Gasteiger charge is -2.10. The lowest BCUT2D eigenvalue weighted by atomic mass is 10.1. The van der Waals surface area contributed by atoms with Gasteiger partial charge in [-0.25, -0.2) is 23.6 Å². The van der Waals surface area contributed by atoms with Crippen molar-refractivity contribution in [2.24, 2.45) is 0 Å². The number of hydrogen-bond donors (Lipinski definition) is 0. The second kappa shape index (κ2) is 15.5. The van der Waals surface area contributed by atoms with E-state index in [-0.39, 0.29) is 54.6 Å². The molecule has 0 aromatic heterocycles. The van der Waals surface area contributed by atoms with E-state index in [1.807, 2.05) is 0 Å². The molecule has 0 bridgehead atoms. The van der Waals surface area contributed by atoms with Crippen LogP contribution in [0.3, 0.4) is 0 Å². The second-order valence-electron chi connectivity index (χ2n) is 9.04. The van der Waals surface area contributed by atoms with Gasteiger partial charge < -0.3 is 28.4 Å². The van der Waals surface area contributed by atoms with Gasteiger partial charge in [0.25, 0.3) is 0 Å². The van der Waals surface area contributed by atoms with E-state index in [0.29, 0.717) is 17.1 Å². The Balaban J connectivity index is 1.43. The Morgan fingerprint density at radius 3 is 1.63 bits per heavy atom. The van der Waals surface area contributed by atoms with Crippen LogP contribution in [0, 0.1) is 5.82 Å². The summed E-state index contributed by atoms with van der Waals surface area (Å²) in [6.45, 7) is 9.30. The Bertz CT molecular complexity index is 1490. The number of benzene rings is 3. The van der Waals surface area contributed by atoms with Crippen molar-refractivity contribution < 1.29 is 52.0 Å². The molecule has 0 aliphatic heterocycles. The first-order chi connectivity index (χ1) is 20.5. The minimum Gasteiger partial charge on any atom is -0.462 e. The van der Waals surface area contributed by atoms with Crippen molar-refractivity contribution in [1.29, 1.82) is 0 Å². The van der Waals surface area contributed by atoms with Crippen molar-refractivity contribution in [3.8, 4) is 17.2 Å². The van der Waals surface area contributed by atoms with E-state index in [1.54, 1.807) is 6.07 Å². The summed E-state index contributed by atoms with van der Waals surface area (Å²) in [6, 6.07) is 15.8. The summed E-state index contributed by atoms with van der Waals surface area (Å²) in [5, 5.41) is 0. The van der Waals surface area contributed by atoms with Gasteiger partial charge >= 0.3 is 23.9 Å². The normalized spacial score (nSPS) is 10.2.